The largest absolute Gasteiger partial charge is 0.404 e. The van der Waals surface area contributed by atoms with E-state index in [4.69, 9.17) is 0 Å². The first kappa shape index (κ1) is 24.5. The van der Waals surface area contributed by atoms with E-state index in [1.807, 2.05) is 0 Å². The van der Waals surface area contributed by atoms with Gasteiger partial charge in [0.1, 0.15) is 22.4 Å². The summed E-state index contributed by atoms with van der Waals surface area (Å²) < 4.78 is 94.1. The third-order valence-corrected chi connectivity index (χ3v) is 5.74. The lowest BCUT2D eigenvalue weighted by Gasteiger charge is -2.19. The first-order valence-corrected chi connectivity index (χ1v) is 10.3. The molecule has 2 N–H and O–H groups in total. The summed E-state index contributed by atoms with van der Waals surface area (Å²) >= 11 is 0. The Balaban J connectivity index is 2.35. The highest BCUT2D eigenvalue weighted by atomic mass is 32.2. The monoisotopic (exact) mass is 466 g/mol. The molecular formula is C18H19F5N4O3S. The van der Waals surface area contributed by atoms with Crippen molar-refractivity contribution in [2.45, 2.75) is 37.0 Å². The summed E-state index contributed by atoms with van der Waals surface area (Å²) in [5.74, 6) is -3.22. The maximum atomic E-state index is 14.8. The van der Waals surface area contributed by atoms with Gasteiger partial charge in [0.05, 0.1) is 6.54 Å². The van der Waals surface area contributed by atoms with E-state index in [0.717, 1.165) is 24.6 Å². The molecule has 7 nitrogen and oxygen atoms in total. The van der Waals surface area contributed by atoms with Crippen molar-refractivity contribution in [2.75, 3.05) is 5.32 Å². The number of aliphatic imine (C=N–C) groups is 1. The minimum absolute atomic E-state index is 0.0660. The molecule has 13 heteroatoms. The number of nitrogens with one attached hydrogen (secondary N) is 2. The van der Waals surface area contributed by atoms with E-state index in [9.17, 15) is 35.2 Å². The van der Waals surface area contributed by atoms with E-state index in [0.29, 0.717) is 6.20 Å². The fourth-order valence-electron chi connectivity index (χ4n) is 2.73. The molecule has 0 saturated carbocycles. The highest BCUT2D eigenvalue weighted by molar-refractivity contribution is 7.89. The van der Waals surface area contributed by atoms with Crippen molar-refractivity contribution < 1.29 is 35.2 Å². The molecule has 0 saturated heterocycles. The normalized spacial score (nSPS) is 13.1. The lowest BCUT2D eigenvalue weighted by molar-refractivity contribution is -0.151. The van der Waals surface area contributed by atoms with Gasteiger partial charge in [-0.1, -0.05) is 6.92 Å². The van der Waals surface area contributed by atoms with Gasteiger partial charge in [-0.3, -0.25) is 9.79 Å². The molecule has 2 rings (SSSR count). The Hall–Kier alpha value is -2.80. The van der Waals surface area contributed by atoms with Crippen molar-refractivity contribution in [2.24, 2.45) is 12.0 Å². The summed E-state index contributed by atoms with van der Waals surface area (Å²) in [6.45, 7) is 4.26. The van der Waals surface area contributed by atoms with E-state index >= 15 is 0 Å². The molecule has 0 aliphatic carbocycles. The molecule has 0 aliphatic rings. The summed E-state index contributed by atoms with van der Waals surface area (Å²) in [6.07, 6.45) is -4.81. The molecule has 0 bridgehead atoms. The van der Waals surface area contributed by atoms with Gasteiger partial charge >= 0.3 is 6.18 Å². The number of carbonyl (C=O) groups is 1. The number of aromatic nitrogens is 1. The number of halogens is 5. The second-order valence-corrected chi connectivity index (χ2v) is 8.22. The predicted molar refractivity (Wildman–Crippen MR) is 103 cm³/mol. The van der Waals surface area contributed by atoms with Crippen LogP contribution in [0.2, 0.25) is 0 Å². The number of sulfonamides is 1. The molecule has 170 valence electrons. The number of rotatable bonds is 8. The predicted octanol–water partition coefficient (Wildman–Crippen LogP) is 3.38. The fourth-order valence-corrected chi connectivity index (χ4v) is 4.16. The molecule has 31 heavy (non-hydrogen) atoms. The number of amides is 1. The molecule has 1 aromatic heterocycles. The van der Waals surface area contributed by atoms with Crippen LogP contribution in [-0.4, -0.2) is 37.8 Å². The van der Waals surface area contributed by atoms with Crippen molar-refractivity contribution in [3.05, 3.63) is 47.3 Å². The molecule has 1 heterocycles. The van der Waals surface area contributed by atoms with Gasteiger partial charge < -0.3 is 9.88 Å². The second kappa shape index (κ2) is 9.14. The van der Waals surface area contributed by atoms with E-state index in [-0.39, 0.29) is 17.8 Å². The average molecular weight is 466 g/mol. The van der Waals surface area contributed by atoms with Gasteiger partial charge in [0.2, 0.25) is 10.0 Å². The van der Waals surface area contributed by atoms with Gasteiger partial charge in [0.15, 0.2) is 5.82 Å². The summed E-state index contributed by atoms with van der Waals surface area (Å²) in [5.41, 5.74) is -0.574. The van der Waals surface area contributed by atoms with Crippen LogP contribution in [-0.2, 0) is 23.6 Å². The topological polar surface area (TPSA) is 92.6 Å². The van der Waals surface area contributed by atoms with Gasteiger partial charge in [-0.15, -0.1) is 0 Å². The zero-order chi connectivity index (χ0) is 23.6. The van der Waals surface area contributed by atoms with Crippen molar-refractivity contribution in [3.8, 4) is 0 Å². The Bertz CT molecular complexity index is 1100. The number of aryl methyl sites for hydroxylation is 1. The summed E-state index contributed by atoms with van der Waals surface area (Å²) in [6, 6.07) is 1.04. The average Bonchev–Trinajstić information content (AvgIpc) is 2.97. The lowest BCUT2D eigenvalue weighted by atomic mass is 10.2. The van der Waals surface area contributed by atoms with Gasteiger partial charge in [-0.05, 0) is 31.3 Å². The summed E-state index contributed by atoms with van der Waals surface area (Å²) in [5, 5.41) is 2.28. The molecule has 1 aromatic carbocycles. The maximum Gasteiger partial charge on any atom is 0.404 e. The molecule has 0 aliphatic heterocycles. The molecule has 2 aromatic rings. The number of anilines is 1. The van der Waals surface area contributed by atoms with Crippen molar-refractivity contribution in [1.82, 2.24) is 9.29 Å². The number of nitrogens with zero attached hydrogens (tertiary/aromatic N) is 2. The molecule has 1 atom stereocenters. The number of carbonyl (C=O) groups excluding carboxylic acids is 1. The smallest absolute Gasteiger partial charge is 0.343 e. The SMILES string of the molecule is C=NCc1cc(NC(=O)c2c(F)c(S(=O)(=O)N[C@H](CC)C(F)(F)F)cn2C)ccc1F. The molecule has 0 unspecified atom stereocenters. The minimum atomic E-state index is -4.93. The Morgan fingerprint density at radius 1 is 1.29 bits per heavy atom. The number of hydrogen-bond donors (Lipinski definition) is 2. The minimum Gasteiger partial charge on any atom is -0.343 e. The highest BCUT2D eigenvalue weighted by Gasteiger charge is 2.42. The van der Waals surface area contributed by atoms with Gasteiger partial charge in [-0.25, -0.2) is 17.2 Å². The Labute approximate surface area is 175 Å². The van der Waals surface area contributed by atoms with Crippen LogP contribution in [0.3, 0.4) is 0 Å². The third-order valence-electron chi connectivity index (χ3n) is 4.28. The van der Waals surface area contributed by atoms with Crippen LogP contribution < -0.4 is 10.0 Å². The maximum absolute atomic E-state index is 14.8. The first-order chi connectivity index (χ1) is 14.3. The number of benzene rings is 1. The van der Waals surface area contributed by atoms with E-state index in [1.165, 1.54) is 16.9 Å². The first-order valence-electron chi connectivity index (χ1n) is 8.78. The zero-order valence-corrected chi connectivity index (χ0v) is 17.2. The Morgan fingerprint density at radius 2 is 1.94 bits per heavy atom. The lowest BCUT2D eigenvalue weighted by Crippen LogP contribution is -2.44. The van der Waals surface area contributed by atoms with Crippen molar-refractivity contribution in [3.63, 3.8) is 0 Å². The van der Waals surface area contributed by atoms with Crippen LogP contribution in [0.5, 0.6) is 0 Å². The molecule has 0 fully saturated rings. The fraction of sp³-hybridized carbons (Fsp3) is 0.333. The Kier molecular flexibility index (Phi) is 7.21. The van der Waals surface area contributed by atoms with Crippen LogP contribution in [0, 0.1) is 11.6 Å². The summed E-state index contributed by atoms with van der Waals surface area (Å²) in [7, 11) is -3.78. The van der Waals surface area contributed by atoms with Crippen LogP contribution in [0.1, 0.15) is 29.4 Å². The second-order valence-electron chi connectivity index (χ2n) is 6.53. The van der Waals surface area contributed by atoms with Crippen LogP contribution in [0.15, 0.2) is 34.3 Å². The van der Waals surface area contributed by atoms with Gasteiger partial charge in [0, 0.05) is 24.5 Å². The quantitative estimate of drug-likeness (QED) is 0.462. The van der Waals surface area contributed by atoms with Gasteiger partial charge in [-0.2, -0.15) is 17.9 Å². The highest BCUT2D eigenvalue weighted by Crippen LogP contribution is 2.27. The van der Waals surface area contributed by atoms with Gasteiger partial charge in [0.25, 0.3) is 5.91 Å². The molecule has 1 amide bonds. The number of hydrogen-bond acceptors (Lipinski definition) is 4. The van der Waals surface area contributed by atoms with Crippen molar-refractivity contribution in [1.29, 1.82) is 0 Å². The van der Waals surface area contributed by atoms with E-state index in [2.05, 4.69) is 17.0 Å². The van der Waals surface area contributed by atoms with Crippen LogP contribution in [0.25, 0.3) is 0 Å². The number of alkyl halides is 3. The zero-order valence-electron chi connectivity index (χ0n) is 16.4. The Morgan fingerprint density at radius 3 is 2.48 bits per heavy atom. The molecule has 0 radical (unpaired) electrons. The summed E-state index contributed by atoms with van der Waals surface area (Å²) in [4.78, 5) is 14.9. The third kappa shape index (κ3) is 5.47. The molecule has 0 spiro atoms. The van der Waals surface area contributed by atoms with Crippen LogP contribution in [0.4, 0.5) is 27.6 Å². The standard InChI is InChI=1S/C18H19F5N4O3S/c1-4-14(18(21,22)23)26-31(29,30)13-9-27(3)16(15(13)20)17(28)25-11-5-6-12(19)10(7-11)8-24-2/h5-7,9,14,26H,2,4,8H2,1,3H3,(H,25,28)/t14-/m1/s1. The van der Waals surface area contributed by atoms with E-state index < -0.39 is 56.8 Å². The van der Waals surface area contributed by atoms with Crippen LogP contribution >= 0.6 is 0 Å². The molecular weight excluding hydrogens is 447 g/mol. The van der Waals surface area contributed by atoms with Crippen molar-refractivity contribution >= 4 is 28.3 Å². The van der Waals surface area contributed by atoms with E-state index in [1.54, 1.807) is 0 Å².